The van der Waals surface area contributed by atoms with Crippen molar-refractivity contribution in [1.29, 1.82) is 0 Å². The lowest BCUT2D eigenvalue weighted by molar-refractivity contribution is 0.0502. The van der Waals surface area contributed by atoms with Crippen LogP contribution in [0.1, 0.15) is 66.9 Å². The zero-order chi connectivity index (χ0) is 16.0. The Kier molecular flexibility index (Phi) is 3.47. The van der Waals surface area contributed by atoms with E-state index in [1.165, 1.54) is 18.4 Å². The molecule has 0 bridgehead atoms. The number of carbonyl (C=O) groups excluding carboxylic acids is 1. The van der Waals surface area contributed by atoms with Crippen molar-refractivity contribution < 1.29 is 9.53 Å². The summed E-state index contributed by atoms with van der Waals surface area (Å²) in [5.74, 6) is -0.0130. The molecule has 4 rings (SSSR count). The van der Waals surface area contributed by atoms with Crippen LogP contribution in [-0.4, -0.2) is 17.1 Å². The molecule has 1 aliphatic carbocycles. The topological polar surface area (TPSA) is 48.3 Å². The second-order valence-corrected chi connectivity index (χ2v) is 6.62. The summed E-state index contributed by atoms with van der Waals surface area (Å²) in [5.41, 5.74) is 2.28. The molecule has 2 unspecified atom stereocenters. The first-order chi connectivity index (χ1) is 11.2. The molecule has 0 saturated heterocycles. The number of hydrogen-bond acceptors (Lipinski definition) is 3. The fourth-order valence-electron chi connectivity index (χ4n) is 4.23. The number of fused-ring (bicyclic) bond motifs is 3. The number of carbonyl (C=O) groups is 1. The number of pyridine rings is 1. The Labute approximate surface area is 135 Å². The van der Waals surface area contributed by atoms with Crippen LogP contribution in [0.4, 0.5) is 0 Å². The van der Waals surface area contributed by atoms with Gasteiger partial charge in [-0.25, -0.2) is 4.79 Å². The molecule has 0 spiro atoms. The summed E-state index contributed by atoms with van der Waals surface area (Å²) in [5, 5.41) is 0.655. The quantitative estimate of drug-likeness (QED) is 0.811. The molecule has 2 aliphatic rings. The minimum Gasteiger partial charge on any atom is -0.462 e. The summed E-state index contributed by atoms with van der Waals surface area (Å²) < 4.78 is 7.39. The van der Waals surface area contributed by atoms with Gasteiger partial charge in [-0.3, -0.25) is 4.79 Å². The van der Waals surface area contributed by atoms with E-state index in [2.05, 4.69) is 10.6 Å². The minimum absolute atomic E-state index is 0.175. The molecule has 0 amide bonds. The van der Waals surface area contributed by atoms with E-state index in [1.54, 1.807) is 6.20 Å². The zero-order valence-corrected chi connectivity index (χ0v) is 13.4. The van der Waals surface area contributed by atoms with Gasteiger partial charge in [-0.1, -0.05) is 31.9 Å². The number of rotatable bonds is 3. The van der Waals surface area contributed by atoms with Crippen LogP contribution in [-0.2, 0) is 4.74 Å². The second-order valence-electron chi connectivity index (χ2n) is 6.62. The van der Waals surface area contributed by atoms with Crippen LogP contribution in [0, 0.1) is 0 Å². The summed E-state index contributed by atoms with van der Waals surface area (Å²) in [4.78, 5) is 25.0. The van der Waals surface area contributed by atoms with Crippen LogP contribution in [0.5, 0.6) is 0 Å². The summed E-state index contributed by atoms with van der Waals surface area (Å²) in [7, 11) is 0. The third-order valence-electron chi connectivity index (χ3n) is 5.23. The first-order valence-corrected chi connectivity index (χ1v) is 8.57. The SMILES string of the molecule is CCCOC(=O)c1cn2c3c(cccc3c1=O)C1CCCCC12. The predicted octanol–water partition coefficient (Wildman–Crippen LogP) is 3.78. The van der Waals surface area contributed by atoms with Gasteiger partial charge >= 0.3 is 5.97 Å². The van der Waals surface area contributed by atoms with E-state index in [1.807, 2.05) is 19.1 Å². The number of ether oxygens (including phenoxy) is 1. The van der Waals surface area contributed by atoms with Gasteiger partial charge in [0.1, 0.15) is 5.56 Å². The molecule has 1 fully saturated rings. The molecule has 4 nitrogen and oxygen atoms in total. The van der Waals surface area contributed by atoms with Gasteiger partial charge < -0.3 is 9.30 Å². The van der Waals surface area contributed by atoms with Crippen LogP contribution in [0.3, 0.4) is 0 Å². The van der Waals surface area contributed by atoms with Crippen molar-refractivity contribution in [2.45, 2.75) is 51.0 Å². The molecule has 1 saturated carbocycles. The molecule has 2 aromatic rings. The lowest BCUT2D eigenvalue weighted by Crippen LogP contribution is -2.22. The molecule has 23 heavy (non-hydrogen) atoms. The van der Waals surface area contributed by atoms with Gasteiger partial charge in [-0.2, -0.15) is 0 Å². The Hall–Kier alpha value is -2.10. The maximum Gasteiger partial charge on any atom is 0.343 e. The van der Waals surface area contributed by atoms with Gasteiger partial charge in [0.25, 0.3) is 0 Å². The van der Waals surface area contributed by atoms with Crippen LogP contribution in [0.15, 0.2) is 29.2 Å². The van der Waals surface area contributed by atoms with Crippen LogP contribution < -0.4 is 5.43 Å². The summed E-state index contributed by atoms with van der Waals surface area (Å²) in [6, 6.07) is 6.30. The second kappa shape index (κ2) is 5.52. The maximum atomic E-state index is 12.8. The number of nitrogens with zero attached hydrogens (tertiary/aromatic N) is 1. The number of para-hydroxylation sites is 1. The van der Waals surface area contributed by atoms with Crippen molar-refractivity contribution in [3.63, 3.8) is 0 Å². The molecule has 2 heterocycles. The molecule has 0 N–H and O–H groups in total. The van der Waals surface area contributed by atoms with Crippen molar-refractivity contribution in [1.82, 2.24) is 4.57 Å². The number of hydrogen-bond donors (Lipinski definition) is 0. The normalized spacial score (nSPS) is 22.1. The van der Waals surface area contributed by atoms with E-state index in [0.29, 0.717) is 24.0 Å². The standard InChI is InChI=1S/C19H21NO3/c1-2-10-23-19(22)15-11-20-16-9-4-3-6-12(16)13-7-5-8-14(17(13)20)18(15)21/h5,7-8,11-12,16H,2-4,6,9-10H2,1H3. The highest BCUT2D eigenvalue weighted by atomic mass is 16.5. The lowest BCUT2D eigenvalue weighted by atomic mass is 9.82. The van der Waals surface area contributed by atoms with Gasteiger partial charge in [0, 0.05) is 23.5 Å². The fourth-order valence-corrected chi connectivity index (χ4v) is 4.23. The number of esters is 1. The Morgan fingerprint density at radius 1 is 1.30 bits per heavy atom. The fraction of sp³-hybridized carbons (Fsp3) is 0.474. The molecular weight excluding hydrogens is 290 g/mol. The molecule has 1 aromatic heterocycles. The Balaban J connectivity index is 1.91. The molecule has 0 radical (unpaired) electrons. The lowest BCUT2D eigenvalue weighted by Gasteiger charge is -2.27. The predicted molar refractivity (Wildman–Crippen MR) is 89.0 cm³/mol. The Morgan fingerprint density at radius 3 is 2.96 bits per heavy atom. The molecule has 4 heteroatoms. The van der Waals surface area contributed by atoms with Gasteiger partial charge in [0.15, 0.2) is 0 Å². The summed E-state index contributed by atoms with van der Waals surface area (Å²) in [6.45, 7) is 2.29. The highest BCUT2D eigenvalue weighted by molar-refractivity contribution is 5.95. The zero-order valence-electron chi connectivity index (χ0n) is 13.4. The molecule has 1 aliphatic heterocycles. The first kappa shape index (κ1) is 14.5. The van der Waals surface area contributed by atoms with Crippen molar-refractivity contribution in [3.05, 3.63) is 45.7 Å². The Morgan fingerprint density at radius 2 is 2.13 bits per heavy atom. The third-order valence-corrected chi connectivity index (χ3v) is 5.23. The van der Waals surface area contributed by atoms with Gasteiger partial charge in [-0.05, 0) is 30.9 Å². The van der Waals surface area contributed by atoms with Crippen molar-refractivity contribution in [2.24, 2.45) is 0 Å². The van der Waals surface area contributed by atoms with Gasteiger partial charge in [0.2, 0.25) is 5.43 Å². The first-order valence-electron chi connectivity index (χ1n) is 8.57. The van der Waals surface area contributed by atoms with Crippen LogP contribution in [0.2, 0.25) is 0 Å². The van der Waals surface area contributed by atoms with E-state index in [0.717, 1.165) is 24.8 Å². The van der Waals surface area contributed by atoms with E-state index < -0.39 is 5.97 Å². The van der Waals surface area contributed by atoms with E-state index >= 15 is 0 Å². The van der Waals surface area contributed by atoms with E-state index in [9.17, 15) is 9.59 Å². The van der Waals surface area contributed by atoms with Gasteiger partial charge in [-0.15, -0.1) is 0 Å². The average Bonchev–Trinajstić information content (AvgIpc) is 2.91. The Bertz CT molecular complexity index is 836. The molecular formula is C19H21NO3. The highest BCUT2D eigenvalue weighted by Gasteiger charge is 2.36. The molecule has 1 aromatic carbocycles. The average molecular weight is 311 g/mol. The van der Waals surface area contributed by atoms with Gasteiger partial charge in [0.05, 0.1) is 12.1 Å². The molecule has 2 atom stereocenters. The number of aromatic nitrogens is 1. The largest absolute Gasteiger partial charge is 0.462 e. The van der Waals surface area contributed by atoms with E-state index in [-0.39, 0.29) is 11.0 Å². The summed E-state index contributed by atoms with van der Waals surface area (Å²) >= 11 is 0. The van der Waals surface area contributed by atoms with Crippen molar-refractivity contribution in [3.8, 4) is 0 Å². The smallest absolute Gasteiger partial charge is 0.343 e. The molecule has 120 valence electrons. The summed E-state index contributed by atoms with van der Waals surface area (Å²) in [6.07, 6.45) is 7.22. The van der Waals surface area contributed by atoms with Crippen LogP contribution >= 0.6 is 0 Å². The van der Waals surface area contributed by atoms with Crippen molar-refractivity contribution >= 4 is 16.9 Å². The van der Waals surface area contributed by atoms with Crippen LogP contribution in [0.25, 0.3) is 10.9 Å². The van der Waals surface area contributed by atoms with Crippen molar-refractivity contribution in [2.75, 3.05) is 6.61 Å². The minimum atomic E-state index is -0.493. The number of benzene rings is 1. The van der Waals surface area contributed by atoms with E-state index in [4.69, 9.17) is 4.74 Å². The highest BCUT2D eigenvalue weighted by Crippen LogP contribution is 2.48. The monoisotopic (exact) mass is 311 g/mol. The third kappa shape index (κ3) is 2.12. The maximum absolute atomic E-state index is 12.8.